The van der Waals surface area contributed by atoms with Crippen molar-refractivity contribution in [2.75, 3.05) is 0 Å². The lowest BCUT2D eigenvalue weighted by molar-refractivity contribution is 0.249. The summed E-state index contributed by atoms with van der Waals surface area (Å²) in [7, 11) is 0. The van der Waals surface area contributed by atoms with Gasteiger partial charge in [-0.2, -0.15) is 0 Å². The molecule has 0 radical (unpaired) electrons. The van der Waals surface area contributed by atoms with Gasteiger partial charge in [0.2, 0.25) is 0 Å². The molecule has 1 aromatic heterocycles. The van der Waals surface area contributed by atoms with Crippen LogP contribution in [-0.4, -0.2) is 15.6 Å². The molecule has 88 valence electrons. The predicted molar refractivity (Wildman–Crippen MR) is 62.3 cm³/mol. The molecule has 0 spiro atoms. The number of rotatable bonds is 1. The van der Waals surface area contributed by atoms with Crippen LogP contribution >= 0.6 is 0 Å². The van der Waals surface area contributed by atoms with Crippen LogP contribution in [0, 0.1) is 0 Å². The topological polar surface area (TPSA) is 60.9 Å². The van der Waals surface area contributed by atoms with E-state index in [1.807, 2.05) is 0 Å². The molecule has 4 heteroatoms. The van der Waals surface area contributed by atoms with Gasteiger partial charge in [0.15, 0.2) is 0 Å². The lowest BCUT2D eigenvalue weighted by atomic mass is 9.90. The predicted octanol–water partition coefficient (Wildman–Crippen LogP) is 2.64. The van der Waals surface area contributed by atoms with E-state index in [1.165, 1.54) is 36.7 Å². The molecule has 1 aliphatic carbocycles. The van der Waals surface area contributed by atoms with Crippen LogP contribution < -0.4 is 5.73 Å². The summed E-state index contributed by atoms with van der Waals surface area (Å²) in [6.07, 6.45) is 12.0. The van der Waals surface area contributed by atoms with Gasteiger partial charge in [-0.3, -0.25) is 4.57 Å². The first-order valence-electron chi connectivity index (χ1n) is 6.12. The third kappa shape index (κ3) is 2.43. The molecule has 0 bridgehead atoms. The highest BCUT2D eigenvalue weighted by molar-refractivity contribution is 5.75. The van der Waals surface area contributed by atoms with Crippen molar-refractivity contribution in [2.45, 2.75) is 50.9 Å². The second-order valence-corrected chi connectivity index (χ2v) is 4.54. The number of nitrogens with zero attached hydrogens (tertiary/aromatic N) is 2. The zero-order valence-electron chi connectivity index (χ0n) is 9.56. The Labute approximate surface area is 95.9 Å². The molecule has 4 nitrogen and oxygen atoms in total. The highest BCUT2D eigenvalue weighted by Gasteiger charge is 2.19. The van der Waals surface area contributed by atoms with Gasteiger partial charge in [0.1, 0.15) is 5.82 Å². The molecule has 1 heterocycles. The zero-order chi connectivity index (χ0) is 11.4. The SMILES string of the molecule is NC(=O)n1ccnc1C1CCCCCCC1. The Bertz CT molecular complexity index is 351. The smallest absolute Gasteiger partial charge is 0.324 e. The van der Waals surface area contributed by atoms with Gasteiger partial charge in [0.05, 0.1) is 0 Å². The van der Waals surface area contributed by atoms with Crippen LogP contribution in [0.4, 0.5) is 4.79 Å². The minimum absolute atomic E-state index is 0.405. The zero-order valence-corrected chi connectivity index (χ0v) is 9.56. The number of primary amides is 1. The molecule has 0 unspecified atom stereocenters. The van der Waals surface area contributed by atoms with Crippen molar-refractivity contribution in [1.82, 2.24) is 9.55 Å². The van der Waals surface area contributed by atoms with Crippen LogP contribution in [0.3, 0.4) is 0 Å². The van der Waals surface area contributed by atoms with E-state index in [1.54, 1.807) is 12.4 Å². The summed E-state index contributed by atoms with van der Waals surface area (Å²) in [4.78, 5) is 15.5. The highest BCUT2D eigenvalue weighted by Crippen LogP contribution is 2.29. The minimum Gasteiger partial charge on any atom is -0.351 e. The number of aromatic nitrogens is 2. The monoisotopic (exact) mass is 221 g/mol. The van der Waals surface area contributed by atoms with Crippen LogP contribution in [0.5, 0.6) is 0 Å². The summed E-state index contributed by atoms with van der Waals surface area (Å²) in [5, 5.41) is 0. The first-order chi connectivity index (χ1) is 7.79. The molecule has 1 aliphatic rings. The maximum absolute atomic E-state index is 11.2. The second-order valence-electron chi connectivity index (χ2n) is 4.54. The van der Waals surface area contributed by atoms with E-state index in [4.69, 9.17) is 5.73 Å². The van der Waals surface area contributed by atoms with E-state index >= 15 is 0 Å². The molecule has 2 N–H and O–H groups in total. The molecule has 1 amide bonds. The highest BCUT2D eigenvalue weighted by atomic mass is 16.2. The Balaban J connectivity index is 2.14. The van der Waals surface area contributed by atoms with Crippen molar-refractivity contribution in [3.05, 3.63) is 18.2 Å². The van der Waals surface area contributed by atoms with Gasteiger partial charge in [0, 0.05) is 18.3 Å². The summed E-state index contributed by atoms with van der Waals surface area (Å²) in [6, 6.07) is -0.422. The van der Waals surface area contributed by atoms with Crippen LogP contribution in [0.15, 0.2) is 12.4 Å². The third-order valence-corrected chi connectivity index (χ3v) is 3.38. The van der Waals surface area contributed by atoms with Crippen molar-refractivity contribution in [1.29, 1.82) is 0 Å². The average molecular weight is 221 g/mol. The van der Waals surface area contributed by atoms with Gasteiger partial charge < -0.3 is 5.73 Å². The fraction of sp³-hybridized carbons (Fsp3) is 0.667. The van der Waals surface area contributed by atoms with Crippen LogP contribution in [-0.2, 0) is 0 Å². The Kier molecular flexibility index (Phi) is 3.59. The van der Waals surface area contributed by atoms with Gasteiger partial charge in [-0.25, -0.2) is 9.78 Å². The number of nitrogens with two attached hydrogens (primary N) is 1. The lowest BCUT2D eigenvalue weighted by Crippen LogP contribution is -2.23. The largest absolute Gasteiger partial charge is 0.351 e. The second kappa shape index (κ2) is 5.14. The van der Waals surface area contributed by atoms with Gasteiger partial charge in [-0.1, -0.05) is 32.1 Å². The van der Waals surface area contributed by atoms with E-state index in [0.29, 0.717) is 5.92 Å². The molecule has 1 saturated carbocycles. The number of carbonyl (C=O) groups excluding carboxylic acids is 1. The quantitative estimate of drug-likeness (QED) is 0.792. The van der Waals surface area contributed by atoms with Crippen molar-refractivity contribution in [3.63, 3.8) is 0 Å². The number of hydrogen-bond donors (Lipinski definition) is 1. The summed E-state index contributed by atoms with van der Waals surface area (Å²) >= 11 is 0. The Hall–Kier alpha value is -1.32. The van der Waals surface area contributed by atoms with E-state index in [2.05, 4.69) is 4.98 Å². The van der Waals surface area contributed by atoms with E-state index < -0.39 is 6.03 Å². The minimum atomic E-state index is -0.422. The Morgan fingerprint density at radius 3 is 2.50 bits per heavy atom. The molecular formula is C12H19N3O. The van der Waals surface area contributed by atoms with Crippen LogP contribution in [0.1, 0.15) is 56.7 Å². The third-order valence-electron chi connectivity index (χ3n) is 3.38. The molecule has 0 aliphatic heterocycles. The van der Waals surface area contributed by atoms with E-state index in [-0.39, 0.29) is 0 Å². The molecular weight excluding hydrogens is 202 g/mol. The van der Waals surface area contributed by atoms with Gasteiger partial charge in [0.25, 0.3) is 0 Å². The normalized spacial score (nSPS) is 19.0. The molecule has 0 saturated heterocycles. The number of hydrogen-bond acceptors (Lipinski definition) is 2. The number of imidazole rings is 1. The Morgan fingerprint density at radius 2 is 1.88 bits per heavy atom. The molecule has 0 aromatic carbocycles. The fourth-order valence-corrected chi connectivity index (χ4v) is 2.52. The fourth-order valence-electron chi connectivity index (χ4n) is 2.52. The van der Waals surface area contributed by atoms with Crippen LogP contribution in [0.2, 0.25) is 0 Å². The molecule has 0 atom stereocenters. The molecule has 2 rings (SSSR count). The van der Waals surface area contributed by atoms with Gasteiger partial charge in [-0.15, -0.1) is 0 Å². The number of amides is 1. The summed E-state index contributed by atoms with van der Waals surface area (Å²) < 4.78 is 1.49. The lowest BCUT2D eigenvalue weighted by Gasteiger charge is -2.19. The van der Waals surface area contributed by atoms with Crippen LogP contribution in [0.25, 0.3) is 0 Å². The standard InChI is InChI=1S/C12H19N3O/c13-12(16)15-9-8-14-11(15)10-6-4-2-1-3-5-7-10/h8-10H,1-7H2,(H2,13,16). The van der Waals surface area contributed by atoms with Crippen molar-refractivity contribution >= 4 is 6.03 Å². The summed E-state index contributed by atoms with van der Waals surface area (Å²) in [5.41, 5.74) is 5.32. The first-order valence-corrected chi connectivity index (χ1v) is 6.12. The van der Waals surface area contributed by atoms with E-state index in [9.17, 15) is 4.79 Å². The van der Waals surface area contributed by atoms with Gasteiger partial charge in [-0.05, 0) is 12.8 Å². The molecule has 1 aromatic rings. The maximum atomic E-state index is 11.2. The average Bonchev–Trinajstić information content (AvgIpc) is 2.65. The molecule has 16 heavy (non-hydrogen) atoms. The van der Waals surface area contributed by atoms with Crippen molar-refractivity contribution in [3.8, 4) is 0 Å². The summed E-state index contributed by atoms with van der Waals surface area (Å²) in [5.74, 6) is 1.26. The van der Waals surface area contributed by atoms with Crippen molar-refractivity contribution < 1.29 is 4.79 Å². The maximum Gasteiger partial charge on any atom is 0.324 e. The van der Waals surface area contributed by atoms with Gasteiger partial charge >= 0.3 is 6.03 Å². The number of carbonyl (C=O) groups is 1. The van der Waals surface area contributed by atoms with Crippen molar-refractivity contribution in [2.24, 2.45) is 5.73 Å². The molecule has 1 fully saturated rings. The summed E-state index contributed by atoms with van der Waals surface area (Å²) in [6.45, 7) is 0. The van der Waals surface area contributed by atoms with E-state index in [0.717, 1.165) is 18.7 Å². The Morgan fingerprint density at radius 1 is 1.25 bits per heavy atom. The first kappa shape index (κ1) is 11.2.